The number of nitrogens with zero attached hydrogens (tertiary/aromatic N) is 1. The molecule has 1 spiro atoms. The maximum atomic E-state index is 11.3. The summed E-state index contributed by atoms with van der Waals surface area (Å²) in [5, 5.41) is 10.1. The summed E-state index contributed by atoms with van der Waals surface area (Å²) in [4.78, 5) is 15.7. The normalized spacial score (nSPS) is 37.8. The molecule has 23 heavy (non-hydrogen) atoms. The quantitative estimate of drug-likeness (QED) is 0.345. The number of nitrogens with one attached hydrogen (secondary N) is 3. The minimum Gasteiger partial charge on any atom is -0.377 e. The third kappa shape index (κ3) is 2.83. The van der Waals surface area contributed by atoms with Crippen LogP contribution in [0.5, 0.6) is 0 Å². The third-order valence-corrected chi connectivity index (χ3v) is 6.16. The number of hydrogen-bond acceptors (Lipinski definition) is 3. The van der Waals surface area contributed by atoms with Gasteiger partial charge in [-0.3, -0.25) is 9.79 Å². The van der Waals surface area contributed by atoms with Crippen LogP contribution < -0.4 is 16.0 Å². The Balaban J connectivity index is 0.00000156. The number of fused-ring (bicyclic) bond motifs is 2. The summed E-state index contributed by atoms with van der Waals surface area (Å²) in [6, 6.07) is 0.773. The highest BCUT2D eigenvalue weighted by molar-refractivity contribution is 14.0. The van der Waals surface area contributed by atoms with Crippen molar-refractivity contribution >= 4 is 35.8 Å². The monoisotopic (exact) mass is 434 g/mol. The molecule has 0 bridgehead atoms. The van der Waals surface area contributed by atoms with E-state index in [1.807, 2.05) is 7.05 Å². The Morgan fingerprint density at radius 2 is 2.17 bits per heavy atom. The van der Waals surface area contributed by atoms with Gasteiger partial charge in [-0.2, -0.15) is 0 Å². The molecule has 4 fully saturated rings. The van der Waals surface area contributed by atoms with Crippen LogP contribution in [0.15, 0.2) is 4.99 Å². The molecule has 2 aliphatic carbocycles. The maximum Gasteiger partial charge on any atom is 0.220 e. The number of ether oxygens (including phenoxy) is 1. The van der Waals surface area contributed by atoms with Crippen molar-refractivity contribution < 1.29 is 9.53 Å². The van der Waals surface area contributed by atoms with Crippen molar-refractivity contribution in [3.63, 3.8) is 0 Å². The first-order valence-corrected chi connectivity index (χ1v) is 8.61. The predicted molar refractivity (Wildman–Crippen MR) is 99.0 cm³/mol. The first-order chi connectivity index (χ1) is 10.7. The van der Waals surface area contributed by atoms with E-state index in [0.29, 0.717) is 36.4 Å². The van der Waals surface area contributed by atoms with Gasteiger partial charge in [-0.25, -0.2) is 0 Å². The zero-order valence-electron chi connectivity index (χ0n) is 13.6. The Morgan fingerprint density at radius 1 is 1.35 bits per heavy atom. The van der Waals surface area contributed by atoms with Crippen LogP contribution in [-0.4, -0.2) is 50.3 Å². The van der Waals surface area contributed by atoms with Gasteiger partial charge < -0.3 is 20.7 Å². The zero-order valence-corrected chi connectivity index (χ0v) is 16.0. The molecular weight excluding hydrogens is 407 g/mol. The van der Waals surface area contributed by atoms with Crippen LogP contribution in [-0.2, 0) is 9.53 Å². The summed E-state index contributed by atoms with van der Waals surface area (Å²) in [7, 11) is 1.82. The molecule has 4 aliphatic rings. The Kier molecular flexibility index (Phi) is 5.06. The molecular formula is C16H27IN4O2. The summed E-state index contributed by atoms with van der Waals surface area (Å²) in [5.74, 6) is 1.67. The molecule has 6 nitrogen and oxygen atoms in total. The van der Waals surface area contributed by atoms with Crippen molar-refractivity contribution in [2.75, 3.05) is 20.2 Å². The van der Waals surface area contributed by atoms with Gasteiger partial charge in [0.05, 0.1) is 6.10 Å². The van der Waals surface area contributed by atoms with Crippen LogP contribution >= 0.6 is 24.0 Å². The van der Waals surface area contributed by atoms with E-state index in [-0.39, 0.29) is 35.9 Å². The molecule has 0 aromatic rings. The van der Waals surface area contributed by atoms with Crippen LogP contribution in [0.2, 0.25) is 0 Å². The van der Waals surface area contributed by atoms with E-state index in [0.717, 1.165) is 19.0 Å². The highest BCUT2D eigenvalue weighted by Crippen LogP contribution is 2.62. The largest absolute Gasteiger partial charge is 0.377 e. The second-order valence-corrected chi connectivity index (χ2v) is 7.21. The molecule has 4 unspecified atom stereocenters. The van der Waals surface area contributed by atoms with Crippen molar-refractivity contribution in [2.45, 2.75) is 56.7 Å². The lowest BCUT2D eigenvalue weighted by Crippen LogP contribution is -2.73. The van der Waals surface area contributed by atoms with E-state index in [2.05, 4.69) is 20.9 Å². The highest BCUT2D eigenvalue weighted by atomic mass is 127. The Morgan fingerprint density at radius 3 is 2.78 bits per heavy atom. The predicted octanol–water partition coefficient (Wildman–Crippen LogP) is 1.01. The van der Waals surface area contributed by atoms with Gasteiger partial charge in [-0.15, -0.1) is 24.0 Å². The molecule has 3 N–H and O–H groups in total. The molecule has 0 aromatic heterocycles. The molecule has 0 aromatic carbocycles. The van der Waals surface area contributed by atoms with Gasteiger partial charge in [-0.1, -0.05) is 6.42 Å². The molecule has 2 aliphatic heterocycles. The fourth-order valence-corrected chi connectivity index (χ4v) is 4.82. The van der Waals surface area contributed by atoms with E-state index < -0.39 is 0 Å². The Hall–Kier alpha value is -0.570. The average Bonchev–Trinajstić information content (AvgIpc) is 2.89. The molecule has 4 atom stereocenters. The lowest BCUT2D eigenvalue weighted by molar-refractivity contribution is -0.171. The molecule has 1 amide bonds. The fraction of sp³-hybridized carbons (Fsp3) is 0.875. The second kappa shape index (κ2) is 6.74. The van der Waals surface area contributed by atoms with Crippen molar-refractivity contribution in [2.24, 2.45) is 16.3 Å². The van der Waals surface area contributed by atoms with Gasteiger partial charge in [0.1, 0.15) is 0 Å². The minimum atomic E-state index is 0. The zero-order chi connectivity index (χ0) is 15.2. The van der Waals surface area contributed by atoms with E-state index in [9.17, 15) is 4.79 Å². The van der Waals surface area contributed by atoms with E-state index in [1.54, 1.807) is 0 Å². The number of carbonyl (C=O) groups is 1. The van der Waals surface area contributed by atoms with Crippen LogP contribution in [0.25, 0.3) is 0 Å². The highest BCUT2D eigenvalue weighted by Gasteiger charge is 2.66. The number of amides is 1. The summed E-state index contributed by atoms with van der Waals surface area (Å²) in [5.41, 5.74) is 0.361. The van der Waals surface area contributed by atoms with Gasteiger partial charge >= 0.3 is 0 Å². The van der Waals surface area contributed by atoms with Crippen molar-refractivity contribution in [1.29, 1.82) is 0 Å². The van der Waals surface area contributed by atoms with Crippen LogP contribution in [0, 0.1) is 11.3 Å². The molecule has 2 saturated heterocycles. The number of piperidine rings is 1. The molecule has 0 radical (unpaired) electrons. The summed E-state index contributed by atoms with van der Waals surface area (Å²) < 4.78 is 5.97. The minimum absolute atomic E-state index is 0. The van der Waals surface area contributed by atoms with Gasteiger partial charge in [0.2, 0.25) is 5.91 Å². The smallest absolute Gasteiger partial charge is 0.220 e. The number of halogens is 1. The van der Waals surface area contributed by atoms with Crippen molar-refractivity contribution in [3.8, 4) is 0 Å². The lowest BCUT2D eigenvalue weighted by atomic mass is 9.46. The number of hydrogen-bond donors (Lipinski definition) is 3. The second-order valence-electron chi connectivity index (χ2n) is 7.21. The Labute approximate surface area is 154 Å². The van der Waals surface area contributed by atoms with E-state index in [1.165, 1.54) is 25.7 Å². The van der Waals surface area contributed by atoms with Gasteiger partial charge in [0.25, 0.3) is 0 Å². The number of guanidine groups is 1. The van der Waals surface area contributed by atoms with E-state index in [4.69, 9.17) is 4.74 Å². The first kappa shape index (κ1) is 17.3. The molecule has 2 saturated carbocycles. The molecule has 7 heteroatoms. The molecule has 130 valence electrons. The summed E-state index contributed by atoms with van der Waals surface area (Å²) in [6.07, 6.45) is 7.00. The third-order valence-electron chi connectivity index (χ3n) is 6.16. The number of aliphatic imine (C=N–C) groups is 1. The van der Waals surface area contributed by atoms with Gasteiger partial charge in [0.15, 0.2) is 5.96 Å². The standard InChI is InChI=1S/C16H26N4O2.HI/c1-17-15(19-10-3-4-12(21)18-9-10)20-13-11-5-8-22-14(11)16(13)6-2-7-16;/h10-11,13-14H,2-9H2,1H3,(H,18,21)(H2,17,19,20);1H. The topological polar surface area (TPSA) is 74.8 Å². The number of rotatable bonds is 2. The van der Waals surface area contributed by atoms with Gasteiger partial charge in [-0.05, 0) is 25.7 Å². The fourth-order valence-electron chi connectivity index (χ4n) is 4.82. The molecule has 4 rings (SSSR count). The van der Waals surface area contributed by atoms with Crippen molar-refractivity contribution in [1.82, 2.24) is 16.0 Å². The Bertz CT molecular complexity index is 484. The average molecular weight is 434 g/mol. The van der Waals surface area contributed by atoms with Crippen LogP contribution in [0.3, 0.4) is 0 Å². The summed E-state index contributed by atoms with van der Waals surface area (Å²) in [6.45, 7) is 1.60. The van der Waals surface area contributed by atoms with E-state index >= 15 is 0 Å². The molecule has 2 heterocycles. The van der Waals surface area contributed by atoms with Gasteiger partial charge in [0, 0.05) is 50.0 Å². The van der Waals surface area contributed by atoms with Crippen molar-refractivity contribution in [3.05, 3.63) is 0 Å². The SMILES string of the molecule is CN=C(NC1CCC(=O)NC1)NC1C2CCOC2C12CCC2.I. The number of carbonyl (C=O) groups excluding carboxylic acids is 1. The summed E-state index contributed by atoms with van der Waals surface area (Å²) >= 11 is 0. The first-order valence-electron chi connectivity index (χ1n) is 8.61. The lowest BCUT2D eigenvalue weighted by Gasteiger charge is -2.63. The van der Waals surface area contributed by atoms with Crippen LogP contribution in [0.4, 0.5) is 0 Å². The maximum absolute atomic E-state index is 11.3. The van der Waals surface area contributed by atoms with Crippen LogP contribution in [0.1, 0.15) is 38.5 Å².